The van der Waals surface area contributed by atoms with E-state index in [1.807, 2.05) is 43.3 Å². The number of aryl methyl sites for hydroxylation is 1. The zero-order valence-electron chi connectivity index (χ0n) is 12.5. The van der Waals surface area contributed by atoms with E-state index in [0.29, 0.717) is 5.56 Å². The van der Waals surface area contributed by atoms with E-state index in [-0.39, 0.29) is 0 Å². The van der Waals surface area contributed by atoms with Crippen molar-refractivity contribution in [1.29, 1.82) is 5.26 Å². The van der Waals surface area contributed by atoms with Gasteiger partial charge in [-0.25, -0.2) is 0 Å². The number of nitrogens with zero attached hydrogens (tertiary/aromatic N) is 1. The smallest absolute Gasteiger partial charge is 0.122 e. The zero-order valence-corrected chi connectivity index (χ0v) is 12.5. The Morgan fingerprint density at radius 1 is 1.14 bits per heavy atom. The highest BCUT2D eigenvalue weighted by atomic mass is 16.5. The number of rotatable bonds is 6. The first-order valence-corrected chi connectivity index (χ1v) is 7.07. The lowest BCUT2D eigenvalue weighted by molar-refractivity contribution is 0.409. The van der Waals surface area contributed by atoms with E-state index in [1.54, 1.807) is 7.11 Å². The molecule has 1 N–H and O–H groups in total. The van der Waals surface area contributed by atoms with Gasteiger partial charge in [0.15, 0.2) is 0 Å². The van der Waals surface area contributed by atoms with Gasteiger partial charge in [0.2, 0.25) is 0 Å². The highest BCUT2D eigenvalue weighted by molar-refractivity contribution is 5.37. The van der Waals surface area contributed by atoms with Crippen molar-refractivity contribution < 1.29 is 4.74 Å². The van der Waals surface area contributed by atoms with E-state index in [0.717, 1.165) is 30.8 Å². The van der Waals surface area contributed by atoms with E-state index >= 15 is 0 Å². The first kappa shape index (κ1) is 15.1. The minimum Gasteiger partial charge on any atom is -0.496 e. The summed E-state index contributed by atoms with van der Waals surface area (Å²) in [6.07, 6.45) is 0.930. The standard InChI is InChI=1S/C18H20N2O/c1-14-11-15(12-19)7-8-17(14)13-20-10-9-16-5-3-4-6-18(16)21-2/h3-8,11,20H,9-10,13H2,1-2H3. The number of para-hydroxylation sites is 1. The summed E-state index contributed by atoms with van der Waals surface area (Å²) in [5.74, 6) is 0.939. The van der Waals surface area contributed by atoms with Crippen LogP contribution in [0.4, 0.5) is 0 Å². The molecule has 0 amide bonds. The van der Waals surface area contributed by atoms with Crippen LogP contribution in [0.3, 0.4) is 0 Å². The molecule has 0 bridgehead atoms. The van der Waals surface area contributed by atoms with Crippen LogP contribution in [0.15, 0.2) is 42.5 Å². The fraction of sp³-hybridized carbons (Fsp3) is 0.278. The number of nitriles is 1. The fourth-order valence-corrected chi connectivity index (χ4v) is 2.32. The van der Waals surface area contributed by atoms with Crippen LogP contribution in [0, 0.1) is 18.3 Å². The van der Waals surface area contributed by atoms with Gasteiger partial charge in [-0.3, -0.25) is 0 Å². The van der Waals surface area contributed by atoms with Crippen LogP contribution in [0.5, 0.6) is 5.75 Å². The van der Waals surface area contributed by atoms with Crippen molar-refractivity contribution in [3.63, 3.8) is 0 Å². The van der Waals surface area contributed by atoms with Crippen molar-refractivity contribution in [1.82, 2.24) is 5.32 Å². The zero-order chi connectivity index (χ0) is 15.1. The number of ether oxygens (including phenoxy) is 1. The predicted octanol–water partition coefficient (Wildman–Crippen LogP) is 3.21. The molecular weight excluding hydrogens is 260 g/mol. The molecule has 3 heteroatoms. The van der Waals surface area contributed by atoms with Crippen molar-refractivity contribution >= 4 is 0 Å². The molecule has 0 fully saturated rings. The third kappa shape index (κ3) is 4.08. The number of nitrogens with one attached hydrogen (secondary N) is 1. The van der Waals surface area contributed by atoms with E-state index in [9.17, 15) is 0 Å². The van der Waals surface area contributed by atoms with Gasteiger partial charge in [0.05, 0.1) is 18.7 Å². The first-order valence-electron chi connectivity index (χ1n) is 7.07. The molecule has 2 rings (SSSR count). The van der Waals surface area contributed by atoms with Crippen molar-refractivity contribution in [3.8, 4) is 11.8 Å². The van der Waals surface area contributed by atoms with Crippen LogP contribution < -0.4 is 10.1 Å². The molecule has 0 aliphatic carbocycles. The molecule has 2 aromatic carbocycles. The van der Waals surface area contributed by atoms with E-state index in [2.05, 4.69) is 17.5 Å². The van der Waals surface area contributed by atoms with Gasteiger partial charge in [-0.2, -0.15) is 5.26 Å². The molecule has 0 heterocycles. The Kier molecular flexibility index (Phi) is 5.36. The Morgan fingerprint density at radius 2 is 1.95 bits per heavy atom. The Hall–Kier alpha value is -2.31. The minimum absolute atomic E-state index is 0.713. The highest BCUT2D eigenvalue weighted by Crippen LogP contribution is 2.17. The van der Waals surface area contributed by atoms with Crippen molar-refractivity contribution in [2.24, 2.45) is 0 Å². The SMILES string of the molecule is COc1ccccc1CCNCc1ccc(C#N)cc1C. The summed E-state index contributed by atoms with van der Waals surface area (Å²) in [4.78, 5) is 0. The van der Waals surface area contributed by atoms with Crippen molar-refractivity contribution in [3.05, 3.63) is 64.7 Å². The average Bonchev–Trinajstić information content (AvgIpc) is 2.53. The third-order valence-corrected chi connectivity index (χ3v) is 3.55. The van der Waals surface area contributed by atoms with E-state index in [4.69, 9.17) is 10.00 Å². The number of hydrogen-bond donors (Lipinski definition) is 1. The summed E-state index contributed by atoms with van der Waals surface area (Å²) in [5.41, 5.74) is 4.31. The predicted molar refractivity (Wildman–Crippen MR) is 84.3 cm³/mol. The van der Waals surface area contributed by atoms with Gasteiger partial charge in [0, 0.05) is 6.54 Å². The molecule has 0 spiro atoms. The summed E-state index contributed by atoms with van der Waals surface area (Å²) in [6.45, 7) is 3.74. The average molecular weight is 280 g/mol. The molecule has 108 valence electrons. The molecule has 0 saturated carbocycles. The summed E-state index contributed by atoms with van der Waals surface area (Å²) >= 11 is 0. The van der Waals surface area contributed by atoms with Crippen LogP contribution in [0.25, 0.3) is 0 Å². The maximum atomic E-state index is 8.87. The van der Waals surface area contributed by atoms with Gasteiger partial charge < -0.3 is 10.1 Å². The van der Waals surface area contributed by atoms with Crippen LogP contribution in [-0.4, -0.2) is 13.7 Å². The Labute approximate surface area is 126 Å². The van der Waals surface area contributed by atoms with Gasteiger partial charge in [-0.15, -0.1) is 0 Å². The molecule has 0 aliphatic heterocycles. The molecule has 0 aromatic heterocycles. The van der Waals surface area contributed by atoms with Gasteiger partial charge in [-0.05, 0) is 54.8 Å². The van der Waals surface area contributed by atoms with E-state index in [1.165, 1.54) is 11.1 Å². The van der Waals surface area contributed by atoms with Crippen molar-refractivity contribution in [2.75, 3.05) is 13.7 Å². The fourth-order valence-electron chi connectivity index (χ4n) is 2.32. The second-order valence-corrected chi connectivity index (χ2v) is 4.99. The normalized spacial score (nSPS) is 10.1. The van der Waals surface area contributed by atoms with Crippen LogP contribution >= 0.6 is 0 Å². The second-order valence-electron chi connectivity index (χ2n) is 4.99. The molecule has 0 unspecified atom stereocenters. The second kappa shape index (κ2) is 7.47. The summed E-state index contributed by atoms with van der Waals surface area (Å²) < 4.78 is 5.35. The largest absolute Gasteiger partial charge is 0.496 e. The Balaban J connectivity index is 1.86. The maximum absolute atomic E-state index is 8.87. The summed E-state index contributed by atoms with van der Waals surface area (Å²) in [7, 11) is 1.70. The van der Waals surface area contributed by atoms with Gasteiger partial charge in [-0.1, -0.05) is 24.3 Å². The van der Waals surface area contributed by atoms with Gasteiger partial charge in [0.1, 0.15) is 5.75 Å². The quantitative estimate of drug-likeness (QED) is 0.826. The van der Waals surface area contributed by atoms with Gasteiger partial charge in [0.25, 0.3) is 0 Å². The number of benzene rings is 2. The Bertz CT molecular complexity index is 644. The van der Waals surface area contributed by atoms with Crippen LogP contribution in [0.2, 0.25) is 0 Å². The number of methoxy groups -OCH3 is 1. The summed E-state index contributed by atoms with van der Waals surface area (Å²) in [6, 6.07) is 16.1. The van der Waals surface area contributed by atoms with Gasteiger partial charge >= 0.3 is 0 Å². The van der Waals surface area contributed by atoms with Crippen LogP contribution in [-0.2, 0) is 13.0 Å². The molecular formula is C18H20N2O. The lowest BCUT2D eigenvalue weighted by Gasteiger charge is -2.10. The topological polar surface area (TPSA) is 45.0 Å². The maximum Gasteiger partial charge on any atom is 0.122 e. The van der Waals surface area contributed by atoms with Crippen LogP contribution in [0.1, 0.15) is 22.3 Å². The molecule has 0 radical (unpaired) electrons. The molecule has 21 heavy (non-hydrogen) atoms. The lowest BCUT2D eigenvalue weighted by Crippen LogP contribution is -2.17. The first-order chi connectivity index (χ1) is 10.2. The third-order valence-electron chi connectivity index (χ3n) is 3.55. The van der Waals surface area contributed by atoms with Crippen molar-refractivity contribution in [2.45, 2.75) is 19.9 Å². The molecule has 0 saturated heterocycles. The molecule has 0 aliphatic rings. The highest BCUT2D eigenvalue weighted by Gasteiger charge is 2.02. The molecule has 3 nitrogen and oxygen atoms in total. The molecule has 2 aromatic rings. The lowest BCUT2D eigenvalue weighted by atomic mass is 10.1. The Morgan fingerprint density at radius 3 is 2.67 bits per heavy atom. The molecule has 0 atom stereocenters. The summed E-state index contributed by atoms with van der Waals surface area (Å²) in [5, 5.41) is 12.3. The minimum atomic E-state index is 0.713. The number of hydrogen-bond acceptors (Lipinski definition) is 3. The monoisotopic (exact) mass is 280 g/mol. The van der Waals surface area contributed by atoms with E-state index < -0.39 is 0 Å².